The molecule has 0 aromatic heterocycles. The normalized spacial score (nSPS) is 15.9. The standard InChI is InChI=1S/C18H25NO/c1-5-12-18(14-19,15-9-7-6-8-10-15)13-11-16(20)17(2,3)4/h5-10,16,20H,1,11-13H2,2-4H3/t16-,18-/m0/s1. The molecule has 0 unspecified atom stereocenters. The van der Waals surface area contributed by atoms with Crippen molar-refractivity contribution in [3.05, 3.63) is 48.6 Å². The Morgan fingerprint density at radius 1 is 1.30 bits per heavy atom. The molecular weight excluding hydrogens is 246 g/mol. The van der Waals surface area contributed by atoms with E-state index < -0.39 is 11.5 Å². The van der Waals surface area contributed by atoms with Gasteiger partial charge in [0.05, 0.1) is 17.6 Å². The molecule has 1 N–H and O–H groups in total. The highest BCUT2D eigenvalue weighted by atomic mass is 16.3. The van der Waals surface area contributed by atoms with Crippen LogP contribution in [-0.4, -0.2) is 11.2 Å². The monoisotopic (exact) mass is 271 g/mol. The molecule has 0 spiro atoms. The Labute approximate surface area is 122 Å². The van der Waals surface area contributed by atoms with E-state index in [1.54, 1.807) is 6.08 Å². The van der Waals surface area contributed by atoms with Crippen molar-refractivity contribution in [1.29, 1.82) is 5.26 Å². The van der Waals surface area contributed by atoms with Gasteiger partial charge in [0.15, 0.2) is 0 Å². The first-order valence-corrected chi connectivity index (χ1v) is 7.11. The summed E-state index contributed by atoms with van der Waals surface area (Å²) < 4.78 is 0. The molecule has 108 valence electrons. The minimum absolute atomic E-state index is 0.161. The largest absolute Gasteiger partial charge is 0.393 e. The number of aliphatic hydroxyl groups is 1. The maximum atomic E-state index is 10.2. The lowest BCUT2D eigenvalue weighted by atomic mass is 9.73. The molecule has 0 aliphatic heterocycles. The van der Waals surface area contributed by atoms with Crippen LogP contribution in [0.2, 0.25) is 0 Å². The number of allylic oxidation sites excluding steroid dienone is 1. The molecule has 0 saturated heterocycles. The Hall–Kier alpha value is -1.59. The summed E-state index contributed by atoms with van der Waals surface area (Å²) in [5.41, 5.74) is 0.255. The van der Waals surface area contributed by atoms with E-state index in [0.717, 1.165) is 5.56 Å². The molecule has 0 amide bonds. The summed E-state index contributed by atoms with van der Waals surface area (Å²) in [6.07, 6.45) is 3.23. The van der Waals surface area contributed by atoms with Crippen molar-refractivity contribution < 1.29 is 5.11 Å². The maximum Gasteiger partial charge on any atom is 0.0857 e. The van der Waals surface area contributed by atoms with E-state index >= 15 is 0 Å². The van der Waals surface area contributed by atoms with Gasteiger partial charge in [-0.15, -0.1) is 6.58 Å². The van der Waals surface area contributed by atoms with Gasteiger partial charge in [0.2, 0.25) is 0 Å². The van der Waals surface area contributed by atoms with Crippen LogP contribution < -0.4 is 0 Å². The molecule has 20 heavy (non-hydrogen) atoms. The fourth-order valence-corrected chi connectivity index (χ4v) is 2.35. The second-order valence-corrected chi connectivity index (χ2v) is 6.47. The van der Waals surface area contributed by atoms with Crippen LogP contribution in [-0.2, 0) is 5.41 Å². The number of rotatable bonds is 6. The lowest BCUT2D eigenvalue weighted by Gasteiger charge is -2.31. The van der Waals surface area contributed by atoms with Crippen LogP contribution in [0.15, 0.2) is 43.0 Å². The third kappa shape index (κ3) is 3.95. The lowest BCUT2D eigenvalue weighted by Crippen LogP contribution is -2.30. The summed E-state index contributed by atoms with van der Waals surface area (Å²) >= 11 is 0. The van der Waals surface area contributed by atoms with Gasteiger partial charge in [-0.3, -0.25) is 0 Å². The predicted molar refractivity (Wildman–Crippen MR) is 83.2 cm³/mol. The van der Waals surface area contributed by atoms with E-state index in [9.17, 15) is 10.4 Å². The fourth-order valence-electron chi connectivity index (χ4n) is 2.35. The molecule has 0 bridgehead atoms. The van der Waals surface area contributed by atoms with E-state index in [1.807, 2.05) is 51.1 Å². The number of hydrogen-bond acceptors (Lipinski definition) is 2. The summed E-state index contributed by atoms with van der Waals surface area (Å²) in [5.74, 6) is 0. The van der Waals surface area contributed by atoms with Gasteiger partial charge < -0.3 is 5.11 Å². The first-order valence-electron chi connectivity index (χ1n) is 7.11. The third-order valence-electron chi connectivity index (χ3n) is 3.88. The van der Waals surface area contributed by atoms with Crippen molar-refractivity contribution in [2.75, 3.05) is 0 Å². The molecule has 1 aromatic carbocycles. The second-order valence-electron chi connectivity index (χ2n) is 6.47. The Balaban J connectivity index is 2.97. The molecule has 2 atom stereocenters. The van der Waals surface area contributed by atoms with Gasteiger partial charge in [-0.1, -0.05) is 57.2 Å². The van der Waals surface area contributed by atoms with Crippen LogP contribution in [0, 0.1) is 16.7 Å². The minimum atomic E-state index is -0.588. The molecule has 0 radical (unpaired) electrons. The first-order chi connectivity index (χ1) is 9.35. The summed E-state index contributed by atoms with van der Waals surface area (Å²) in [6.45, 7) is 9.83. The zero-order valence-corrected chi connectivity index (χ0v) is 12.8. The van der Waals surface area contributed by atoms with Crippen molar-refractivity contribution in [3.63, 3.8) is 0 Å². The van der Waals surface area contributed by atoms with Crippen LogP contribution in [0.4, 0.5) is 0 Å². The quantitative estimate of drug-likeness (QED) is 0.788. The van der Waals surface area contributed by atoms with E-state index in [4.69, 9.17) is 0 Å². The van der Waals surface area contributed by atoms with Crippen molar-refractivity contribution in [3.8, 4) is 6.07 Å². The van der Waals surface area contributed by atoms with Crippen molar-refractivity contribution in [2.24, 2.45) is 5.41 Å². The molecule has 0 fully saturated rings. The Bertz CT molecular complexity index is 466. The minimum Gasteiger partial charge on any atom is -0.393 e. The van der Waals surface area contributed by atoms with Crippen molar-refractivity contribution in [1.82, 2.24) is 0 Å². The first kappa shape index (κ1) is 16.5. The van der Waals surface area contributed by atoms with Gasteiger partial charge >= 0.3 is 0 Å². The molecule has 1 rings (SSSR count). The van der Waals surface area contributed by atoms with Gasteiger partial charge in [0, 0.05) is 0 Å². The highest BCUT2D eigenvalue weighted by Gasteiger charge is 2.33. The number of hydrogen-bond donors (Lipinski definition) is 1. The molecule has 1 aromatic rings. The van der Waals surface area contributed by atoms with Gasteiger partial charge in [0.25, 0.3) is 0 Å². The Morgan fingerprint density at radius 2 is 1.90 bits per heavy atom. The molecule has 0 aliphatic rings. The molecular formula is C18H25NO. The van der Waals surface area contributed by atoms with Crippen LogP contribution in [0.1, 0.15) is 45.6 Å². The van der Waals surface area contributed by atoms with Gasteiger partial charge in [-0.05, 0) is 30.2 Å². The smallest absolute Gasteiger partial charge is 0.0857 e. The van der Waals surface area contributed by atoms with Gasteiger partial charge in [0.1, 0.15) is 0 Å². The average molecular weight is 271 g/mol. The SMILES string of the molecule is C=CC[C@@](C#N)(CC[C@H](O)C(C)(C)C)c1ccccc1. The molecule has 2 heteroatoms. The number of benzene rings is 1. The average Bonchev–Trinajstić information content (AvgIpc) is 2.43. The second kappa shape index (κ2) is 6.72. The van der Waals surface area contributed by atoms with E-state index in [1.165, 1.54) is 0 Å². The topological polar surface area (TPSA) is 44.0 Å². The number of aliphatic hydroxyl groups excluding tert-OH is 1. The predicted octanol–water partition coefficient (Wildman–Crippen LogP) is 4.21. The summed E-state index contributed by atoms with van der Waals surface area (Å²) in [7, 11) is 0. The van der Waals surface area contributed by atoms with E-state index in [2.05, 4.69) is 12.6 Å². The van der Waals surface area contributed by atoms with E-state index in [0.29, 0.717) is 19.3 Å². The highest BCUT2D eigenvalue weighted by molar-refractivity contribution is 5.33. The van der Waals surface area contributed by atoms with Crippen LogP contribution >= 0.6 is 0 Å². The Morgan fingerprint density at radius 3 is 2.35 bits per heavy atom. The zero-order chi connectivity index (χ0) is 15.2. The molecule has 0 heterocycles. The van der Waals surface area contributed by atoms with Crippen LogP contribution in [0.3, 0.4) is 0 Å². The molecule has 0 aliphatic carbocycles. The summed E-state index contributed by atoms with van der Waals surface area (Å²) in [5, 5.41) is 19.9. The summed E-state index contributed by atoms with van der Waals surface area (Å²) in [6, 6.07) is 12.3. The number of nitriles is 1. The maximum absolute atomic E-state index is 10.2. The van der Waals surface area contributed by atoms with Crippen LogP contribution in [0.25, 0.3) is 0 Å². The molecule has 0 saturated carbocycles. The van der Waals surface area contributed by atoms with Crippen LogP contribution in [0.5, 0.6) is 0 Å². The molecule has 2 nitrogen and oxygen atoms in total. The number of nitrogens with zero attached hydrogens (tertiary/aromatic N) is 1. The third-order valence-corrected chi connectivity index (χ3v) is 3.88. The lowest BCUT2D eigenvalue weighted by molar-refractivity contribution is 0.0501. The zero-order valence-electron chi connectivity index (χ0n) is 12.8. The fraction of sp³-hybridized carbons (Fsp3) is 0.500. The van der Waals surface area contributed by atoms with Gasteiger partial charge in [-0.25, -0.2) is 0 Å². The van der Waals surface area contributed by atoms with Crippen molar-refractivity contribution in [2.45, 2.75) is 51.6 Å². The van der Waals surface area contributed by atoms with Crippen molar-refractivity contribution >= 4 is 0 Å². The summed E-state index contributed by atoms with van der Waals surface area (Å²) in [4.78, 5) is 0. The van der Waals surface area contributed by atoms with E-state index in [-0.39, 0.29) is 5.41 Å². The Kier molecular flexibility index (Phi) is 5.53. The highest BCUT2D eigenvalue weighted by Crippen LogP contribution is 2.35. The van der Waals surface area contributed by atoms with Gasteiger partial charge in [-0.2, -0.15) is 5.26 Å².